The van der Waals surface area contributed by atoms with Crippen LogP contribution in [0, 0.1) is 0 Å². The largest absolute Gasteiger partial charge is 1.00 e. The Morgan fingerprint density at radius 3 is 1.02 bits per heavy atom. The molecule has 12 bridgehead atoms. The smallest absolute Gasteiger partial charge is 0.244 e. The zero-order chi connectivity index (χ0) is 30.3. The molecule has 6 aromatic rings. The molecule has 0 N–H and O–H groups in total. The van der Waals surface area contributed by atoms with Crippen LogP contribution in [0.4, 0.5) is 0 Å². The summed E-state index contributed by atoms with van der Waals surface area (Å²) in [6, 6.07) is 28.0. The lowest BCUT2D eigenvalue weighted by Gasteiger charge is -2.07. The molecule has 7 aliphatic rings. The Hall–Kier alpha value is -3.84. The number of nitrogens with zero attached hydrogens (tertiary/aromatic N) is 4. The minimum Gasteiger partial charge on any atom is -1.00 e. The summed E-state index contributed by atoms with van der Waals surface area (Å²) < 4.78 is 61.4. The minimum atomic E-state index is -3.65. The molecule has 7 aliphatic heterocycles. The van der Waals surface area contributed by atoms with Crippen LogP contribution < -0.4 is 43.1 Å². The van der Waals surface area contributed by atoms with Gasteiger partial charge in [0.15, 0.2) is 0 Å². The van der Waals surface area contributed by atoms with Crippen LogP contribution in [0.1, 0.15) is 22.3 Å². The van der Waals surface area contributed by atoms with Gasteiger partial charge in [-0.2, -0.15) is 0 Å². The van der Waals surface area contributed by atoms with Crippen molar-refractivity contribution < 1.29 is 59.9 Å². The van der Waals surface area contributed by atoms with Crippen LogP contribution in [0.25, 0.3) is 0 Å². The summed E-state index contributed by atoms with van der Waals surface area (Å²) in [5.41, 5.74) is 3.90. The van der Waals surface area contributed by atoms with Crippen molar-refractivity contribution >= 4 is 19.7 Å². The molecule has 0 radical (unpaired) electrons. The fourth-order valence-corrected chi connectivity index (χ4v) is 7.98. The van der Waals surface area contributed by atoms with Gasteiger partial charge in [0.25, 0.3) is 0 Å². The predicted octanol–water partition coefficient (Wildman–Crippen LogP) is -1.96. The molecular weight excluding hydrogens is 752 g/mol. The molecule has 2 aromatic heterocycles. The van der Waals surface area contributed by atoms with Gasteiger partial charge in [-0.3, -0.25) is 0 Å². The van der Waals surface area contributed by atoms with E-state index in [0.717, 1.165) is 22.3 Å². The predicted molar refractivity (Wildman–Crippen MR) is 162 cm³/mol. The second-order valence-corrected chi connectivity index (χ2v) is 15.0. The standard InChI is InChI=1S/C34H30N4O4S2.2BrH/c39-43(40)31-9-1-27(2-10-31)21-35-17-18-36(25-35)22-29-5-13-33(14-6-29)44(41,42)34-15-7-30(8-16-34)24-38-20-19-37(26-38)23-28-3-11-32(43)12-4-28;;/h1-20,25-26H,21-24H2;2*1H/q+2;;/p-2. The van der Waals surface area contributed by atoms with Gasteiger partial charge in [0.05, 0.1) is 19.6 Å². The first-order valence-electron chi connectivity index (χ1n) is 14.2. The highest BCUT2D eigenvalue weighted by molar-refractivity contribution is 7.91. The molecule has 9 heterocycles. The lowest BCUT2D eigenvalue weighted by molar-refractivity contribution is -0.688. The van der Waals surface area contributed by atoms with Crippen LogP contribution >= 0.6 is 0 Å². The first kappa shape index (κ1) is 33.5. The summed E-state index contributed by atoms with van der Waals surface area (Å²) in [6.45, 7) is 2.32. The number of halogens is 2. The SMILES string of the molecule is O=S1(=O)c2ccc(cc2)Cn2cc[n+](c2)Cc2ccc(cc2)S(=O)(=O)c2ccc(cc2)C[n+]2ccn(c2)Cc2ccc1cc2.[Br-].[Br-]. The zero-order valence-electron chi connectivity index (χ0n) is 24.5. The van der Waals surface area contributed by atoms with E-state index in [1.807, 2.05) is 104 Å². The molecule has 4 aromatic carbocycles. The van der Waals surface area contributed by atoms with E-state index < -0.39 is 19.7 Å². The van der Waals surface area contributed by atoms with Gasteiger partial charge in [-0.1, -0.05) is 48.5 Å². The van der Waals surface area contributed by atoms with Crippen LogP contribution in [-0.4, -0.2) is 26.0 Å². The average Bonchev–Trinajstić information content (AvgIpc) is 3.66. The maximum absolute atomic E-state index is 13.3. The fraction of sp³-hybridized carbons (Fsp3) is 0.118. The lowest BCUT2D eigenvalue weighted by atomic mass is 10.2. The first-order chi connectivity index (χ1) is 21.2. The summed E-state index contributed by atoms with van der Waals surface area (Å²) in [7, 11) is -7.29. The number of imidazole rings is 2. The van der Waals surface area contributed by atoms with E-state index >= 15 is 0 Å². The van der Waals surface area contributed by atoms with Gasteiger partial charge in [0.1, 0.15) is 51.0 Å². The zero-order valence-corrected chi connectivity index (χ0v) is 29.3. The van der Waals surface area contributed by atoms with Gasteiger partial charge in [0, 0.05) is 0 Å². The summed E-state index contributed by atoms with van der Waals surface area (Å²) in [5.74, 6) is 0. The van der Waals surface area contributed by atoms with E-state index in [4.69, 9.17) is 0 Å². The topological polar surface area (TPSA) is 85.9 Å². The number of sulfone groups is 2. The van der Waals surface area contributed by atoms with Crippen molar-refractivity contribution in [3.63, 3.8) is 0 Å². The lowest BCUT2D eigenvalue weighted by Crippen LogP contribution is -3.00. The fourth-order valence-electron chi connectivity index (χ4n) is 5.46. The van der Waals surface area contributed by atoms with Crippen molar-refractivity contribution in [1.29, 1.82) is 0 Å². The summed E-state index contributed by atoms with van der Waals surface area (Å²) >= 11 is 0. The van der Waals surface area contributed by atoms with Crippen LogP contribution in [0.15, 0.2) is 154 Å². The highest BCUT2D eigenvalue weighted by Gasteiger charge is 2.20. The average molecular weight is 783 g/mol. The Kier molecular flexibility index (Phi) is 9.83. The third kappa shape index (κ3) is 6.95. The maximum atomic E-state index is 13.3. The quantitative estimate of drug-likeness (QED) is 0.168. The molecule has 0 saturated heterocycles. The number of hydrogen-bond donors (Lipinski definition) is 0. The van der Waals surface area contributed by atoms with Crippen molar-refractivity contribution in [2.24, 2.45) is 0 Å². The van der Waals surface area contributed by atoms with Gasteiger partial charge in [-0.25, -0.2) is 35.1 Å². The Labute approximate surface area is 289 Å². The van der Waals surface area contributed by atoms with E-state index in [-0.39, 0.29) is 53.5 Å². The van der Waals surface area contributed by atoms with Crippen LogP contribution in [0.3, 0.4) is 0 Å². The number of rotatable bonds is 0. The van der Waals surface area contributed by atoms with Gasteiger partial charge in [-0.05, 0) is 70.8 Å². The van der Waals surface area contributed by atoms with Gasteiger partial charge in [0.2, 0.25) is 32.3 Å². The molecule has 13 rings (SSSR count). The molecule has 0 fully saturated rings. The molecule has 46 heavy (non-hydrogen) atoms. The number of benzene rings is 4. The number of aromatic nitrogens is 4. The molecule has 236 valence electrons. The van der Waals surface area contributed by atoms with Gasteiger partial charge >= 0.3 is 0 Å². The second kappa shape index (κ2) is 13.5. The third-order valence-electron chi connectivity index (χ3n) is 7.89. The molecule has 12 heteroatoms. The maximum Gasteiger partial charge on any atom is 0.244 e. The van der Waals surface area contributed by atoms with E-state index in [1.165, 1.54) is 0 Å². The summed E-state index contributed by atoms with van der Waals surface area (Å²) in [6.07, 6.45) is 11.8. The minimum absolute atomic E-state index is 0. The van der Waals surface area contributed by atoms with Gasteiger partial charge < -0.3 is 34.0 Å². The molecule has 0 unspecified atom stereocenters. The highest BCUT2D eigenvalue weighted by Crippen LogP contribution is 2.23. The van der Waals surface area contributed by atoms with E-state index in [1.54, 1.807) is 48.5 Å². The third-order valence-corrected chi connectivity index (χ3v) is 11.5. The first-order valence-corrected chi connectivity index (χ1v) is 17.1. The Morgan fingerprint density at radius 2 is 0.717 bits per heavy atom. The van der Waals surface area contributed by atoms with Crippen molar-refractivity contribution in [1.82, 2.24) is 9.13 Å². The van der Waals surface area contributed by atoms with Crippen molar-refractivity contribution in [2.75, 3.05) is 0 Å². The van der Waals surface area contributed by atoms with Crippen LogP contribution in [0.2, 0.25) is 0 Å². The Balaban J connectivity index is 0.00000208. The molecule has 0 aliphatic carbocycles. The molecule has 0 amide bonds. The molecule has 8 nitrogen and oxygen atoms in total. The highest BCUT2D eigenvalue weighted by atomic mass is 79.9. The van der Waals surface area contributed by atoms with E-state index in [9.17, 15) is 16.8 Å². The normalized spacial score (nSPS) is 15.0. The van der Waals surface area contributed by atoms with Crippen LogP contribution in [-0.2, 0) is 45.9 Å². The van der Waals surface area contributed by atoms with Crippen molar-refractivity contribution in [2.45, 2.75) is 45.8 Å². The summed E-state index contributed by atoms with van der Waals surface area (Å²) in [4.78, 5) is 1.04. The molecule has 0 atom stereocenters. The van der Waals surface area contributed by atoms with Crippen molar-refractivity contribution in [3.05, 3.63) is 157 Å². The molecular formula is C34H30Br2N4O4S2. The van der Waals surface area contributed by atoms with Gasteiger partial charge in [-0.15, -0.1) is 0 Å². The number of hydrogen-bond acceptors (Lipinski definition) is 4. The molecule has 0 spiro atoms. The van der Waals surface area contributed by atoms with Crippen molar-refractivity contribution in [3.8, 4) is 0 Å². The van der Waals surface area contributed by atoms with Crippen LogP contribution in [0.5, 0.6) is 0 Å². The Bertz CT molecular complexity index is 1880. The monoisotopic (exact) mass is 780 g/mol. The van der Waals surface area contributed by atoms with E-state index in [2.05, 4.69) is 0 Å². The Morgan fingerprint density at radius 1 is 0.435 bits per heavy atom. The van der Waals surface area contributed by atoms with E-state index in [0.29, 0.717) is 26.2 Å². The summed E-state index contributed by atoms with van der Waals surface area (Å²) in [5, 5.41) is 0. The molecule has 0 saturated carbocycles. The second-order valence-electron chi connectivity index (χ2n) is 11.1.